The van der Waals surface area contributed by atoms with Gasteiger partial charge in [-0.05, 0) is 37.3 Å². The summed E-state index contributed by atoms with van der Waals surface area (Å²) in [5.74, 6) is 0.143. The van der Waals surface area contributed by atoms with Crippen LogP contribution in [0.15, 0.2) is 51.5 Å². The lowest BCUT2D eigenvalue weighted by molar-refractivity contribution is -0.136. The van der Waals surface area contributed by atoms with E-state index in [0.29, 0.717) is 28.4 Å². The van der Waals surface area contributed by atoms with Crippen LogP contribution in [0.3, 0.4) is 0 Å². The first-order valence-electron chi connectivity index (χ1n) is 6.85. The molecule has 6 heteroatoms. The zero-order valence-electron chi connectivity index (χ0n) is 12.5. The molecule has 23 heavy (non-hydrogen) atoms. The first kappa shape index (κ1) is 14.8. The molecule has 0 fully saturated rings. The van der Waals surface area contributed by atoms with Crippen LogP contribution in [0, 0.1) is 0 Å². The standard InChI is InChI=1S/C17H13NO5/c1-10-14(17(20)23-18-10)9-13-6-7-15(22-13)11-4-3-5-12(8-11)16(19)21-2/h3-9H,1-2H3/b14-9-. The van der Waals surface area contributed by atoms with Crippen molar-refractivity contribution < 1.29 is 23.6 Å². The molecule has 0 radical (unpaired) electrons. The molecule has 1 aliphatic rings. The van der Waals surface area contributed by atoms with Crippen molar-refractivity contribution in [2.24, 2.45) is 5.16 Å². The minimum atomic E-state index is -0.506. The molecule has 0 spiro atoms. The number of hydrogen-bond acceptors (Lipinski definition) is 6. The van der Waals surface area contributed by atoms with Crippen LogP contribution in [-0.4, -0.2) is 24.8 Å². The molecule has 3 rings (SSSR count). The fourth-order valence-corrected chi connectivity index (χ4v) is 2.16. The van der Waals surface area contributed by atoms with E-state index in [2.05, 4.69) is 9.99 Å². The van der Waals surface area contributed by atoms with Gasteiger partial charge in [0.05, 0.1) is 24.0 Å². The highest BCUT2D eigenvalue weighted by Crippen LogP contribution is 2.25. The number of carbonyl (C=O) groups excluding carboxylic acids is 2. The maximum atomic E-state index is 11.6. The molecule has 0 saturated heterocycles. The Morgan fingerprint density at radius 3 is 2.78 bits per heavy atom. The molecule has 0 bridgehead atoms. The summed E-state index contributed by atoms with van der Waals surface area (Å²) >= 11 is 0. The Kier molecular flexibility index (Phi) is 3.80. The second-order valence-corrected chi connectivity index (χ2v) is 4.89. The van der Waals surface area contributed by atoms with E-state index >= 15 is 0 Å². The van der Waals surface area contributed by atoms with Crippen LogP contribution in [0.5, 0.6) is 0 Å². The minimum absolute atomic E-state index is 0.356. The summed E-state index contributed by atoms with van der Waals surface area (Å²) in [6, 6.07) is 10.4. The Morgan fingerprint density at radius 2 is 2.09 bits per heavy atom. The molecular formula is C17H13NO5. The second-order valence-electron chi connectivity index (χ2n) is 4.89. The highest BCUT2D eigenvalue weighted by molar-refractivity contribution is 6.24. The van der Waals surface area contributed by atoms with E-state index in [-0.39, 0.29) is 0 Å². The summed E-state index contributed by atoms with van der Waals surface area (Å²) in [6.45, 7) is 1.68. The molecule has 6 nitrogen and oxygen atoms in total. The smallest absolute Gasteiger partial charge is 0.367 e. The molecule has 2 heterocycles. The number of ether oxygens (including phenoxy) is 1. The fourth-order valence-electron chi connectivity index (χ4n) is 2.16. The van der Waals surface area contributed by atoms with Crippen LogP contribution >= 0.6 is 0 Å². The van der Waals surface area contributed by atoms with Crippen LogP contribution in [-0.2, 0) is 14.4 Å². The zero-order valence-corrected chi connectivity index (χ0v) is 12.5. The van der Waals surface area contributed by atoms with Crippen molar-refractivity contribution >= 4 is 23.7 Å². The van der Waals surface area contributed by atoms with Gasteiger partial charge in [0.15, 0.2) is 0 Å². The number of furan rings is 1. The van der Waals surface area contributed by atoms with Crippen molar-refractivity contribution in [3.8, 4) is 11.3 Å². The Bertz CT molecular complexity index is 844. The Hall–Kier alpha value is -3.15. The quantitative estimate of drug-likeness (QED) is 0.494. The largest absolute Gasteiger partial charge is 0.465 e. The summed E-state index contributed by atoms with van der Waals surface area (Å²) in [4.78, 5) is 27.7. The van der Waals surface area contributed by atoms with E-state index in [1.165, 1.54) is 7.11 Å². The summed E-state index contributed by atoms with van der Waals surface area (Å²) < 4.78 is 10.4. The van der Waals surface area contributed by atoms with E-state index in [1.807, 2.05) is 6.07 Å². The summed E-state index contributed by atoms with van der Waals surface area (Å²) in [5.41, 5.74) is 2.02. The van der Waals surface area contributed by atoms with Gasteiger partial charge in [0.2, 0.25) is 0 Å². The number of rotatable bonds is 3. The first-order valence-corrected chi connectivity index (χ1v) is 6.85. The van der Waals surface area contributed by atoms with E-state index in [1.54, 1.807) is 43.3 Å². The lowest BCUT2D eigenvalue weighted by Gasteiger charge is -2.01. The first-order chi connectivity index (χ1) is 11.1. The molecular weight excluding hydrogens is 298 g/mol. The molecule has 116 valence electrons. The van der Waals surface area contributed by atoms with Crippen LogP contribution in [0.1, 0.15) is 23.0 Å². The SMILES string of the molecule is COC(=O)c1cccc(-c2ccc(/C=C3\C(=O)ON=C3C)o2)c1. The molecule has 1 aromatic heterocycles. The number of nitrogens with zero attached hydrogens (tertiary/aromatic N) is 1. The molecule has 0 unspecified atom stereocenters. The van der Waals surface area contributed by atoms with Gasteiger partial charge in [0.25, 0.3) is 0 Å². The molecule has 0 N–H and O–H groups in total. The van der Waals surface area contributed by atoms with E-state index in [0.717, 1.165) is 5.56 Å². The molecule has 1 aromatic carbocycles. The van der Waals surface area contributed by atoms with Crippen molar-refractivity contribution in [1.82, 2.24) is 0 Å². The molecule has 0 saturated carbocycles. The minimum Gasteiger partial charge on any atom is -0.465 e. The monoisotopic (exact) mass is 311 g/mol. The van der Waals surface area contributed by atoms with Gasteiger partial charge in [-0.3, -0.25) is 0 Å². The Morgan fingerprint density at radius 1 is 1.26 bits per heavy atom. The summed E-state index contributed by atoms with van der Waals surface area (Å²) in [6.07, 6.45) is 1.57. The van der Waals surface area contributed by atoms with Crippen molar-refractivity contribution in [2.75, 3.05) is 7.11 Å². The average Bonchev–Trinajstić information content (AvgIpc) is 3.16. The van der Waals surface area contributed by atoms with Crippen molar-refractivity contribution in [3.63, 3.8) is 0 Å². The summed E-state index contributed by atoms with van der Waals surface area (Å²) in [5, 5.41) is 3.61. The van der Waals surface area contributed by atoms with Crippen molar-refractivity contribution in [2.45, 2.75) is 6.92 Å². The number of methoxy groups -OCH3 is 1. The van der Waals surface area contributed by atoms with E-state index in [4.69, 9.17) is 9.15 Å². The van der Waals surface area contributed by atoms with Crippen LogP contribution in [0.25, 0.3) is 17.4 Å². The molecule has 1 aliphatic heterocycles. The van der Waals surface area contributed by atoms with Gasteiger partial charge in [0.1, 0.15) is 11.5 Å². The predicted molar refractivity (Wildman–Crippen MR) is 82.7 cm³/mol. The fraction of sp³-hybridized carbons (Fsp3) is 0.118. The number of carbonyl (C=O) groups is 2. The second kappa shape index (κ2) is 5.92. The molecule has 0 atom stereocenters. The van der Waals surface area contributed by atoms with Crippen LogP contribution < -0.4 is 0 Å². The maximum Gasteiger partial charge on any atom is 0.367 e. The lowest BCUT2D eigenvalue weighted by atomic mass is 10.1. The number of benzene rings is 1. The van der Waals surface area contributed by atoms with Gasteiger partial charge in [-0.15, -0.1) is 0 Å². The van der Waals surface area contributed by atoms with Gasteiger partial charge < -0.3 is 14.0 Å². The highest BCUT2D eigenvalue weighted by Gasteiger charge is 2.22. The lowest BCUT2D eigenvalue weighted by Crippen LogP contribution is -2.01. The van der Waals surface area contributed by atoms with Crippen molar-refractivity contribution in [3.05, 3.63) is 53.3 Å². The zero-order chi connectivity index (χ0) is 16.4. The summed E-state index contributed by atoms with van der Waals surface area (Å²) in [7, 11) is 1.33. The molecule has 0 aliphatic carbocycles. The normalized spacial score (nSPS) is 15.5. The van der Waals surface area contributed by atoms with E-state index in [9.17, 15) is 9.59 Å². The van der Waals surface area contributed by atoms with Crippen molar-refractivity contribution in [1.29, 1.82) is 0 Å². The molecule has 2 aromatic rings. The van der Waals surface area contributed by atoms with Gasteiger partial charge in [-0.25, -0.2) is 9.59 Å². The topological polar surface area (TPSA) is 78.1 Å². The van der Waals surface area contributed by atoms with Gasteiger partial charge in [-0.1, -0.05) is 17.3 Å². The van der Waals surface area contributed by atoms with Crippen LogP contribution in [0.2, 0.25) is 0 Å². The van der Waals surface area contributed by atoms with Crippen LogP contribution in [0.4, 0.5) is 0 Å². The number of hydrogen-bond donors (Lipinski definition) is 0. The van der Waals surface area contributed by atoms with Gasteiger partial charge in [-0.2, -0.15) is 0 Å². The molecule has 0 amide bonds. The Labute approximate surface area is 132 Å². The maximum absolute atomic E-state index is 11.6. The number of oxime groups is 1. The van der Waals surface area contributed by atoms with Gasteiger partial charge in [0, 0.05) is 5.56 Å². The average molecular weight is 311 g/mol. The Balaban J connectivity index is 1.91. The third-order valence-electron chi connectivity index (χ3n) is 3.36. The highest BCUT2D eigenvalue weighted by atomic mass is 16.7. The van der Waals surface area contributed by atoms with Gasteiger partial charge >= 0.3 is 11.9 Å². The predicted octanol–water partition coefficient (Wildman–Crippen LogP) is 3.05. The van der Waals surface area contributed by atoms with E-state index < -0.39 is 11.9 Å². The third-order valence-corrected chi connectivity index (χ3v) is 3.36. The number of esters is 1. The third kappa shape index (κ3) is 2.91.